The number of carbonyl (C=O) groups excluding carboxylic acids is 3. The first-order chi connectivity index (χ1) is 30.5. The highest BCUT2D eigenvalue weighted by molar-refractivity contribution is 5.71. The molecule has 360 valence electrons. The van der Waals surface area contributed by atoms with Crippen LogP contribution in [0, 0.1) is 0 Å². The van der Waals surface area contributed by atoms with Crippen molar-refractivity contribution in [2.24, 2.45) is 0 Å². The summed E-state index contributed by atoms with van der Waals surface area (Å²) in [4.78, 5) is 38.0. The van der Waals surface area contributed by atoms with Crippen molar-refractivity contribution in [2.75, 3.05) is 13.2 Å². The van der Waals surface area contributed by atoms with Crippen LogP contribution in [0.5, 0.6) is 0 Å². The van der Waals surface area contributed by atoms with Crippen LogP contribution in [0.1, 0.15) is 271 Å². The highest BCUT2D eigenvalue weighted by Crippen LogP contribution is 2.16. The molecular formula is C56H100O6. The standard InChI is InChI=1S/C56H100O6/c1-4-7-10-13-16-19-22-24-26-28-30-31-34-37-40-43-46-49-55(58)61-52-53(51-60-54(57)48-45-42-39-36-33-21-18-15-12-9-6-3)62-56(59)50-47-44-41-38-35-32-29-27-25-23-20-17-14-11-8-5-2/h15-16,18-19,21,24,26,33,53H,4-14,17,20,22-23,25,27-32,34-52H2,1-3H3/b18-15-,19-16-,26-24-,33-21-. The molecule has 0 bridgehead atoms. The lowest BCUT2D eigenvalue weighted by atomic mass is 10.0. The maximum absolute atomic E-state index is 12.8. The minimum absolute atomic E-state index is 0.0836. The lowest BCUT2D eigenvalue weighted by molar-refractivity contribution is -0.167. The predicted octanol–water partition coefficient (Wildman–Crippen LogP) is 17.5. The number of ether oxygens (including phenoxy) is 3. The smallest absolute Gasteiger partial charge is 0.306 e. The van der Waals surface area contributed by atoms with E-state index in [-0.39, 0.29) is 31.1 Å². The summed E-state index contributed by atoms with van der Waals surface area (Å²) in [5.74, 6) is -0.910. The van der Waals surface area contributed by atoms with E-state index in [1.807, 2.05) is 0 Å². The molecule has 0 aliphatic carbocycles. The molecular weight excluding hydrogens is 769 g/mol. The molecule has 6 nitrogen and oxygen atoms in total. The lowest BCUT2D eigenvalue weighted by Gasteiger charge is -2.18. The van der Waals surface area contributed by atoms with Crippen LogP contribution in [0.4, 0.5) is 0 Å². The Hall–Kier alpha value is -2.63. The zero-order valence-electron chi connectivity index (χ0n) is 41.1. The van der Waals surface area contributed by atoms with Gasteiger partial charge in [-0.1, -0.05) is 230 Å². The fraction of sp³-hybridized carbons (Fsp3) is 0.804. The van der Waals surface area contributed by atoms with Crippen molar-refractivity contribution >= 4 is 17.9 Å². The molecule has 62 heavy (non-hydrogen) atoms. The van der Waals surface area contributed by atoms with Crippen molar-refractivity contribution in [3.8, 4) is 0 Å². The van der Waals surface area contributed by atoms with Gasteiger partial charge in [0.2, 0.25) is 0 Å². The fourth-order valence-corrected chi connectivity index (χ4v) is 7.51. The first kappa shape index (κ1) is 59.4. The Morgan fingerprint density at radius 3 is 1.08 bits per heavy atom. The molecule has 1 unspecified atom stereocenters. The van der Waals surface area contributed by atoms with E-state index in [4.69, 9.17) is 14.2 Å². The van der Waals surface area contributed by atoms with Crippen LogP contribution in [0.2, 0.25) is 0 Å². The van der Waals surface area contributed by atoms with E-state index in [1.54, 1.807) is 0 Å². The van der Waals surface area contributed by atoms with Crippen molar-refractivity contribution in [3.05, 3.63) is 48.6 Å². The molecule has 0 aliphatic heterocycles. The van der Waals surface area contributed by atoms with E-state index in [0.29, 0.717) is 19.3 Å². The molecule has 0 aliphatic rings. The summed E-state index contributed by atoms with van der Waals surface area (Å²) in [5.41, 5.74) is 0. The first-order valence-corrected chi connectivity index (χ1v) is 26.7. The third-order valence-electron chi connectivity index (χ3n) is 11.6. The normalized spacial score (nSPS) is 12.4. The van der Waals surface area contributed by atoms with Crippen molar-refractivity contribution in [1.82, 2.24) is 0 Å². The summed E-state index contributed by atoms with van der Waals surface area (Å²) in [7, 11) is 0. The molecule has 6 heteroatoms. The summed E-state index contributed by atoms with van der Waals surface area (Å²) in [6.07, 6.45) is 60.9. The van der Waals surface area contributed by atoms with Gasteiger partial charge in [0.15, 0.2) is 6.10 Å². The highest BCUT2D eigenvalue weighted by atomic mass is 16.6. The van der Waals surface area contributed by atoms with Crippen LogP contribution in [0.15, 0.2) is 48.6 Å². The summed E-state index contributed by atoms with van der Waals surface area (Å²) < 4.78 is 16.8. The molecule has 0 rings (SSSR count). The number of allylic oxidation sites excluding steroid dienone is 8. The molecule has 0 saturated heterocycles. The lowest BCUT2D eigenvalue weighted by Crippen LogP contribution is -2.30. The van der Waals surface area contributed by atoms with Gasteiger partial charge in [0.1, 0.15) is 13.2 Å². The van der Waals surface area contributed by atoms with Gasteiger partial charge in [-0.3, -0.25) is 14.4 Å². The third-order valence-corrected chi connectivity index (χ3v) is 11.6. The van der Waals surface area contributed by atoms with Gasteiger partial charge in [0.05, 0.1) is 0 Å². The number of unbranched alkanes of at least 4 members (excludes halogenated alkanes) is 30. The molecule has 1 atom stereocenters. The second-order valence-electron chi connectivity index (χ2n) is 17.8. The Labute approximate surface area is 384 Å². The summed E-state index contributed by atoms with van der Waals surface area (Å²) in [6.45, 7) is 6.55. The van der Waals surface area contributed by atoms with E-state index < -0.39 is 6.10 Å². The van der Waals surface area contributed by atoms with Gasteiger partial charge in [-0.05, 0) is 70.6 Å². The first-order valence-electron chi connectivity index (χ1n) is 26.7. The summed E-state index contributed by atoms with van der Waals surface area (Å²) in [6, 6.07) is 0. The fourth-order valence-electron chi connectivity index (χ4n) is 7.51. The molecule has 0 aromatic heterocycles. The van der Waals surface area contributed by atoms with Crippen molar-refractivity contribution in [1.29, 1.82) is 0 Å². The van der Waals surface area contributed by atoms with Gasteiger partial charge >= 0.3 is 17.9 Å². The molecule has 0 amide bonds. The molecule has 0 saturated carbocycles. The number of carbonyl (C=O) groups is 3. The Morgan fingerprint density at radius 1 is 0.339 bits per heavy atom. The number of hydrogen-bond donors (Lipinski definition) is 0. The molecule has 0 heterocycles. The van der Waals surface area contributed by atoms with Crippen LogP contribution in [-0.2, 0) is 28.6 Å². The van der Waals surface area contributed by atoms with Crippen LogP contribution >= 0.6 is 0 Å². The average molecular weight is 869 g/mol. The number of hydrogen-bond acceptors (Lipinski definition) is 6. The predicted molar refractivity (Wildman–Crippen MR) is 265 cm³/mol. The van der Waals surface area contributed by atoms with Gasteiger partial charge < -0.3 is 14.2 Å². The molecule has 0 spiro atoms. The molecule has 0 radical (unpaired) electrons. The molecule has 0 N–H and O–H groups in total. The Bertz CT molecular complexity index is 1090. The van der Waals surface area contributed by atoms with E-state index in [2.05, 4.69) is 69.4 Å². The Morgan fingerprint density at radius 2 is 0.645 bits per heavy atom. The van der Waals surface area contributed by atoms with E-state index >= 15 is 0 Å². The van der Waals surface area contributed by atoms with Crippen molar-refractivity contribution in [2.45, 2.75) is 277 Å². The maximum atomic E-state index is 12.8. The third kappa shape index (κ3) is 48.4. The van der Waals surface area contributed by atoms with Gasteiger partial charge in [-0.15, -0.1) is 0 Å². The van der Waals surface area contributed by atoms with E-state index in [1.165, 1.54) is 148 Å². The van der Waals surface area contributed by atoms with E-state index in [9.17, 15) is 14.4 Å². The minimum Gasteiger partial charge on any atom is -0.462 e. The van der Waals surface area contributed by atoms with Gasteiger partial charge in [0, 0.05) is 19.3 Å². The Balaban J connectivity index is 4.36. The van der Waals surface area contributed by atoms with Crippen LogP contribution < -0.4 is 0 Å². The van der Waals surface area contributed by atoms with Gasteiger partial charge in [-0.25, -0.2) is 0 Å². The second kappa shape index (κ2) is 51.0. The number of esters is 3. The van der Waals surface area contributed by atoms with Gasteiger partial charge in [-0.2, -0.15) is 0 Å². The minimum atomic E-state index is -0.783. The quantitative estimate of drug-likeness (QED) is 0.0199. The van der Waals surface area contributed by atoms with Gasteiger partial charge in [0.25, 0.3) is 0 Å². The molecule has 0 aromatic rings. The van der Waals surface area contributed by atoms with Crippen LogP contribution in [-0.4, -0.2) is 37.2 Å². The molecule has 0 fully saturated rings. The maximum Gasteiger partial charge on any atom is 0.306 e. The monoisotopic (exact) mass is 869 g/mol. The summed E-state index contributed by atoms with van der Waals surface area (Å²) >= 11 is 0. The largest absolute Gasteiger partial charge is 0.462 e. The van der Waals surface area contributed by atoms with Crippen LogP contribution in [0.3, 0.4) is 0 Å². The average Bonchev–Trinajstić information content (AvgIpc) is 3.27. The summed E-state index contributed by atoms with van der Waals surface area (Å²) in [5, 5.41) is 0. The van der Waals surface area contributed by atoms with Crippen molar-refractivity contribution in [3.63, 3.8) is 0 Å². The topological polar surface area (TPSA) is 78.9 Å². The zero-order chi connectivity index (χ0) is 45.1. The Kier molecular flexibility index (Phi) is 48.8. The number of rotatable bonds is 48. The van der Waals surface area contributed by atoms with Crippen LogP contribution in [0.25, 0.3) is 0 Å². The second-order valence-corrected chi connectivity index (χ2v) is 17.8. The van der Waals surface area contributed by atoms with Crippen molar-refractivity contribution < 1.29 is 28.6 Å². The SMILES string of the molecule is CCCC/C=C\C=C/CCCCCC(=O)OCC(COC(=O)CCCCCCCCC/C=C\C/C=C\CCCCC)OC(=O)CCCCCCCCCCCCCCCCCC. The highest BCUT2D eigenvalue weighted by Gasteiger charge is 2.19. The van der Waals surface area contributed by atoms with E-state index in [0.717, 1.165) is 83.5 Å². The zero-order valence-corrected chi connectivity index (χ0v) is 41.1. The molecule has 0 aromatic carbocycles.